The molecule has 38 heavy (non-hydrogen) atoms. The van der Waals surface area contributed by atoms with Crippen LogP contribution in [-0.4, -0.2) is 61.1 Å². The molecule has 1 heterocycles. The lowest BCUT2D eigenvalue weighted by molar-refractivity contribution is -0.122. The van der Waals surface area contributed by atoms with Crippen molar-refractivity contribution < 1.29 is 19.2 Å². The Bertz CT molecular complexity index is 1040. The molecule has 5 aliphatic rings. The highest BCUT2D eigenvalue weighted by molar-refractivity contribution is 5.91. The molecule has 0 bridgehead atoms. The zero-order valence-corrected chi connectivity index (χ0v) is 23.8. The lowest BCUT2D eigenvalue weighted by Crippen LogP contribution is -2.51. The van der Waals surface area contributed by atoms with Crippen molar-refractivity contribution in [3.8, 4) is 0 Å². The van der Waals surface area contributed by atoms with E-state index in [0.29, 0.717) is 42.4 Å². The molecule has 3 saturated carbocycles. The summed E-state index contributed by atoms with van der Waals surface area (Å²) in [5.74, 6) is 2.67. The Labute approximate surface area is 227 Å². The molecule has 0 spiro atoms. The van der Waals surface area contributed by atoms with Gasteiger partial charge in [0.15, 0.2) is 5.78 Å². The van der Waals surface area contributed by atoms with Crippen molar-refractivity contribution in [1.29, 1.82) is 0 Å². The number of amides is 2. The van der Waals surface area contributed by atoms with E-state index in [4.69, 9.17) is 4.84 Å². The van der Waals surface area contributed by atoms with Crippen LogP contribution in [-0.2, 0) is 14.4 Å². The van der Waals surface area contributed by atoms with E-state index in [-0.39, 0.29) is 28.8 Å². The first-order valence-electron chi connectivity index (χ1n) is 14.7. The van der Waals surface area contributed by atoms with Gasteiger partial charge in [0.1, 0.15) is 0 Å². The third-order valence-electron chi connectivity index (χ3n) is 11.3. The van der Waals surface area contributed by atoms with Crippen LogP contribution < -0.4 is 10.6 Å². The first-order valence-corrected chi connectivity index (χ1v) is 14.7. The van der Waals surface area contributed by atoms with Gasteiger partial charge in [0.05, 0.1) is 11.8 Å². The summed E-state index contributed by atoms with van der Waals surface area (Å²) in [6.07, 6.45) is 11.8. The summed E-state index contributed by atoms with van der Waals surface area (Å²) in [5, 5.41) is 10.4. The molecular formula is C30H46N4O4. The molecule has 4 fully saturated rings. The van der Waals surface area contributed by atoms with Gasteiger partial charge in [0.2, 0.25) is 5.91 Å². The molecule has 4 aliphatic carbocycles. The number of nitrogens with zero attached hydrogens (tertiary/aromatic N) is 2. The molecule has 1 saturated heterocycles. The molecule has 0 aromatic rings. The summed E-state index contributed by atoms with van der Waals surface area (Å²) < 4.78 is 0. The quantitative estimate of drug-likeness (QED) is 0.313. The first kappa shape index (κ1) is 27.4. The van der Waals surface area contributed by atoms with Crippen molar-refractivity contribution in [3.05, 3.63) is 11.6 Å². The van der Waals surface area contributed by atoms with Crippen LogP contribution in [0.25, 0.3) is 0 Å². The van der Waals surface area contributed by atoms with Crippen molar-refractivity contribution in [2.75, 3.05) is 20.6 Å². The topological polar surface area (TPSA) is 100 Å². The van der Waals surface area contributed by atoms with Crippen LogP contribution in [0.2, 0.25) is 0 Å². The second-order valence-corrected chi connectivity index (χ2v) is 13.2. The van der Waals surface area contributed by atoms with Gasteiger partial charge in [-0.05, 0) is 99.4 Å². The zero-order chi connectivity index (χ0) is 27.2. The van der Waals surface area contributed by atoms with Crippen LogP contribution in [0.15, 0.2) is 16.8 Å². The summed E-state index contributed by atoms with van der Waals surface area (Å²) in [6.45, 7) is 7.39. The van der Waals surface area contributed by atoms with E-state index in [0.717, 1.165) is 37.8 Å². The van der Waals surface area contributed by atoms with Crippen LogP contribution >= 0.6 is 0 Å². The number of likely N-dealkylation sites (N-methyl/N-ethyl adjacent to an activating group) is 2. The summed E-state index contributed by atoms with van der Waals surface area (Å²) in [4.78, 5) is 43.7. The van der Waals surface area contributed by atoms with E-state index in [2.05, 4.69) is 29.6 Å². The highest BCUT2D eigenvalue weighted by Crippen LogP contribution is 2.66. The lowest BCUT2D eigenvalue weighted by atomic mass is 9.46. The van der Waals surface area contributed by atoms with Gasteiger partial charge in [-0.2, -0.15) is 0 Å². The van der Waals surface area contributed by atoms with Crippen LogP contribution in [0.4, 0.5) is 4.79 Å². The summed E-state index contributed by atoms with van der Waals surface area (Å²) in [7, 11) is 3.36. The second-order valence-electron chi connectivity index (χ2n) is 13.2. The predicted molar refractivity (Wildman–Crippen MR) is 146 cm³/mol. The van der Waals surface area contributed by atoms with E-state index in [1.54, 1.807) is 19.0 Å². The molecule has 8 nitrogen and oxygen atoms in total. The maximum absolute atomic E-state index is 12.7. The fourth-order valence-electron chi connectivity index (χ4n) is 9.24. The smallest absolute Gasteiger partial charge is 0.358 e. The lowest BCUT2D eigenvalue weighted by Gasteiger charge is -2.58. The van der Waals surface area contributed by atoms with Gasteiger partial charge < -0.3 is 15.5 Å². The normalized spacial score (nSPS) is 40.5. The molecular weight excluding hydrogens is 480 g/mol. The molecule has 5 rings (SSSR count). The Kier molecular flexibility index (Phi) is 7.48. The molecule has 0 aromatic heterocycles. The number of hydrogen-bond donors (Lipinski definition) is 2. The second kappa shape index (κ2) is 10.4. The maximum Gasteiger partial charge on any atom is 0.435 e. The van der Waals surface area contributed by atoms with Crippen LogP contribution in [0, 0.1) is 34.5 Å². The van der Waals surface area contributed by atoms with Gasteiger partial charge in [0, 0.05) is 39.0 Å². The van der Waals surface area contributed by atoms with Crippen molar-refractivity contribution in [1.82, 2.24) is 15.5 Å². The highest BCUT2D eigenvalue weighted by Gasteiger charge is 2.59. The molecule has 2 amide bonds. The third kappa shape index (κ3) is 4.71. The van der Waals surface area contributed by atoms with E-state index < -0.39 is 6.09 Å². The van der Waals surface area contributed by atoms with Gasteiger partial charge in [-0.25, -0.2) is 4.79 Å². The molecule has 0 aromatic carbocycles. The number of carbonyl (C=O) groups is 3. The Morgan fingerprint density at radius 1 is 1.11 bits per heavy atom. The number of allylic oxidation sites excluding steroid dienone is 1. The van der Waals surface area contributed by atoms with Crippen LogP contribution in [0.1, 0.15) is 85.0 Å². The minimum atomic E-state index is -0.454. The fourth-order valence-corrected chi connectivity index (χ4v) is 9.24. The predicted octanol–water partition coefficient (Wildman–Crippen LogP) is 4.45. The third-order valence-corrected chi connectivity index (χ3v) is 11.3. The number of oxime groups is 1. The molecule has 8 atom stereocenters. The number of carbonyl (C=O) groups excluding carboxylic acids is 3. The monoisotopic (exact) mass is 526 g/mol. The minimum Gasteiger partial charge on any atom is -0.358 e. The molecule has 210 valence electrons. The average molecular weight is 527 g/mol. The maximum atomic E-state index is 12.7. The number of nitrogens with one attached hydrogen (secondary N) is 2. The largest absolute Gasteiger partial charge is 0.435 e. The van der Waals surface area contributed by atoms with E-state index in [1.165, 1.54) is 31.3 Å². The number of rotatable bonds is 5. The van der Waals surface area contributed by atoms with Gasteiger partial charge in [0.25, 0.3) is 0 Å². The number of ketones is 1. The highest BCUT2D eigenvalue weighted by atomic mass is 16.7. The Morgan fingerprint density at radius 2 is 1.89 bits per heavy atom. The van der Waals surface area contributed by atoms with Crippen molar-refractivity contribution in [2.45, 2.75) is 97.1 Å². The van der Waals surface area contributed by atoms with Crippen LogP contribution in [0.5, 0.6) is 0 Å². The van der Waals surface area contributed by atoms with Crippen molar-refractivity contribution in [3.63, 3.8) is 0 Å². The molecule has 2 N–H and O–H groups in total. The Balaban J connectivity index is 1.19. The van der Waals surface area contributed by atoms with Crippen molar-refractivity contribution in [2.24, 2.45) is 39.7 Å². The number of fused-ring (bicyclic) bond motifs is 5. The number of hydrogen-bond acceptors (Lipinski definition) is 6. The minimum absolute atomic E-state index is 0.0107. The Hall–Kier alpha value is -2.22. The SMILES string of the molecule is CNC(=O)C1CCC(CN(C)C(=O)O/N=C(\C)[C@H]2CC[C@H]3[C@@H]4CCC5=CC(=O)CC[C@]5(C)[C@H]4CC[C@]23C)N1. The first-order chi connectivity index (χ1) is 18.1. The van der Waals surface area contributed by atoms with E-state index in [9.17, 15) is 14.4 Å². The van der Waals surface area contributed by atoms with Gasteiger partial charge in [-0.15, -0.1) is 0 Å². The van der Waals surface area contributed by atoms with Gasteiger partial charge >= 0.3 is 6.09 Å². The van der Waals surface area contributed by atoms with E-state index >= 15 is 0 Å². The van der Waals surface area contributed by atoms with Gasteiger partial charge in [-0.3, -0.25) is 14.4 Å². The van der Waals surface area contributed by atoms with Gasteiger partial charge in [-0.1, -0.05) is 24.6 Å². The van der Waals surface area contributed by atoms with Crippen molar-refractivity contribution >= 4 is 23.5 Å². The summed E-state index contributed by atoms with van der Waals surface area (Å²) in [5.41, 5.74) is 2.71. The molecule has 1 aliphatic heterocycles. The zero-order valence-electron chi connectivity index (χ0n) is 23.8. The molecule has 2 unspecified atom stereocenters. The van der Waals surface area contributed by atoms with Crippen LogP contribution in [0.3, 0.4) is 0 Å². The summed E-state index contributed by atoms with van der Waals surface area (Å²) >= 11 is 0. The fraction of sp³-hybridized carbons (Fsp3) is 0.800. The average Bonchev–Trinajstić information content (AvgIpc) is 3.51. The molecule has 8 heteroatoms. The standard InChI is InChI=1S/C30H46N4O4/c1-18(33-38-28(37)34(5)17-20-7-11-26(32-20)27(36)31-4)23-9-10-24-22-8-6-19-16-21(35)12-14-29(19,2)25(22)13-15-30(23,24)3/h16,20,22-26,32H,6-15,17H2,1-5H3,(H,31,36)/b33-18+/t20?,22-,23+,24-,25-,26?,29-,30+/m0/s1. The Morgan fingerprint density at radius 3 is 2.66 bits per heavy atom. The molecule has 0 radical (unpaired) electrons. The van der Waals surface area contributed by atoms with E-state index in [1.807, 2.05) is 13.0 Å². The summed E-state index contributed by atoms with van der Waals surface area (Å²) in [6, 6.07) is -0.129.